The van der Waals surface area contributed by atoms with E-state index >= 15 is 0 Å². The molecule has 4 aromatic rings. The molecule has 0 unspecified atom stereocenters. The van der Waals surface area contributed by atoms with Gasteiger partial charge in [-0.25, -0.2) is 9.37 Å². The zero-order chi connectivity index (χ0) is 37.0. The first-order chi connectivity index (χ1) is 25.2. The van der Waals surface area contributed by atoms with E-state index in [1.165, 1.54) is 7.05 Å². The van der Waals surface area contributed by atoms with Crippen LogP contribution < -0.4 is 25.3 Å². The Bertz CT molecular complexity index is 2230. The number of carbonyl (C=O) groups excluding carboxylic acids is 2. The zero-order valence-electron chi connectivity index (χ0n) is 29.0. The Hall–Kier alpha value is -6.68. The number of nitrogens with one attached hydrogen (secondary N) is 1. The fourth-order valence-electron chi connectivity index (χ4n) is 5.88. The third-order valence-electron chi connectivity index (χ3n) is 8.23. The third-order valence-corrected chi connectivity index (χ3v) is 8.23. The molecule has 264 valence electrons. The maximum atomic E-state index is 12.3. The van der Waals surface area contributed by atoms with Gasteiger partial charge in [-0.1, -0.05) is 91.5 Å². The van der Waals surface area contributed by atoms with Gasteiger partial charge in [0.1, 0.15) is 11.3 Å². The summed E-state index contributed by atoms with van der Waals surface area (Å²) in [5.74, 6) is -1.52. The predicted octanol–water partition coefficient (Wildman–Crippen LogP) is 6.14. The van der Waals surface area contributed by atoms with Crippen molar-refractivity contribution in [3.8, 4) is 22.5 Å². The topological polar surface area (TPSA) is 135 Å². The molecule has 1 heterocycles. The van der Waals surface area contributed by atoms with Crippen LogP contribution in [0.1, 0.15) is 28.4 Å². The molecule has 52 heavy (non-hydrogen) atoms. The van der Waals surface area contributed by atoms with Crippen molar-refractivity contribution in [2.45, 2.75) is 20.0 Å². The number of carboxylic acids is 2. The molecule has 6 rings (SSSR count). The summed E-state index contributed by atoms with van der Waals surface area (Å²) in [5.41, 5.74) is 5.77. The third kappa shape index (κ3) is 9.10. The minimum Gasteiger partial charge on any atom is -0.545 e. The van der Waals surface area contributed by atoms with E-state index in [0.29, 0.717) is 36.5 Å². The molecular formula is C42H39N3O7. The Kier molecular flexibility index (Phi) is 12.2. The van der Waals surface area contributed by atoms with Crippen molar-refractivity contribution in [3.05, 3.63) is 156 Å². The van der Waals surface area contributed by atoms with Crippen LogP contribution in [0.25, 0.3) is 33.4 Å². The molecule has 0 bridgehead atoms. The summed E-state index contributed by atoms with van der Waals surface area (Å²) in [4.78, 5) is 35.2. The van der Waals surface area contributed by atoms with Gasteiger partial charge in [-0.05, 0) is 35.5 Å². The molecule has 10 heteroatoms. The second-order valence-electron chi connectivity index (χ2n) is 11.8. The van der Waals surface area contributed by atoms with Crippen LogP contribution in [0.4, 0.5) is 10.5 Å². The smallest absolute Gasteiger partial charge is 0.407 e. The van der Waals surface area contributed by atoms with Gasteiger partial charge in [0, 0.05) is 66.0 Å². The molecule has 0 radical (unpaired) electrons. The van der Waals surface area contributed by atoms with Crippen LogP contribution in [-0.4, -0.2) is 43.3 Å². The molecule has 4 aromatic carbocycles. The SMILES string of the molecule is C=CN(Cc1ccccc1)c1ccc2c(-c3ccccc3C(=O)[O-])c3ccc(=[N+](CCOC(=O)NC)Cc4ccccc4)cc-3oc2c1.CC(=O)O. The highest BCUT2D eigenvalue weighted by Crippen LogP contribution is 2.42. The van der Waals surface area contributed by atoms with Crippen molar-refractivity contribution in [1.82, 2.24) is 9.89 Å². The fraction of sp³-hybridized carbons (Fsp3) is 0.143. The maximum absolute atomic E-state index is 12.3. The molecule has 0 spiro atoms. The average Bonchev–Trinajstić information content (AvgIpc) is 3.15. The lowest BCUT2D eigenvalue weighted by atomic mass is 9.90. The Labute approximate surface area is 301 Å². The second-order valence-corrected chi connectivity index (χ2v) is 11.8. The molecule has 0 atom stereocenters. The van der Waals surface area contributed by atoms with E-state index in [4.69, 9.17) is 19.1 Å². The molecule has 0 fully saturated rings. The average molecular weight is 698 g/mol. The molecule has 0 aromatic heterocycles. The van der Waals surface area contributed by atoms with Crippen LogP contribution in [0, 0.1) is 0 Å². The van der Waals surface area contributed by atoms with Gasteiger partial charge < -0.3 is 34.4 Å². The Balaban J connectivity index is 0.00000124. The summed E-state index contributed by atoms with van der Waals surface area (Å²) in [6.07, 6.45) is 1.28. The molecule has 2 aliphatic rings. The number of fused-ring (bicyclic) bond motifs is 2. The number of hydrogen-bond acceptors (Lipinski definition) is 7. The maximum Gasteiger partial charge on any atom is 0.407 e. The second kappa shape index (κ2) is 17.3. The Morgan fingerprint density at radius 2 is 1.54 bits per heavy atom. The number of benzene rings is 5. The fourth-order valence-corrected chi connectivity index (χ4v) is 5.88. The highest BCUT2D eigenvalue weighted by atomic mass is 16.5. The summed E-state index contributed by atoms with van der Waals surface area (Å²) in [6.45, 7) is 6.91. The lowest BCUT2D eigenvalue weighted by Crippen LogP contribution is -2.34. The van der Waals surface area contributed by atoms with Crippen molar-refractivity contribution >= 4 is 34.7 Å². The summed E-state index contributed by atoms with van der Waals surface area (Å²) in [7, 11) is 1.52. The number of carbonyl (C=O) groups is 3. The van der Waals surface area contributed by atoms with E-state index in [-0.39, 0.29) is 12.2 Å². The molecular weight excluding hydrogens is 658 g/mol. The molecule has 1 aliphatic heterocycles. The summed E-state index contributed by atoms with van der Waals surface area (Å²) in [6, 6.07) is 38.8. The first-order valence-electron chi connectivity index (χ1n) is 16.6. The van der Waals surface area contributed by atoms with Gasteiger partial charge in [-0.3, -0.25) is 4.79 Å². The number of aliphatic carboxylic acids is 1. The van der Waals surface area contributed by atoms with Crippen LogP contribution in [0.5, 0.6) is 0 Å². The Morgan fingerprint density at radius 1 is 0.885 bits per heavy atom. The van der Waals surface area contributed by atoms with Crippen molar-refractivity contribution in [3.63, 3.8) is 0 Å². The van der Waals surface area contributed by atoms with Crippen LogP contribution in [0.2, 0.25) is 0 Å². The van der Waals surface area contributed by atoms with E-state index in [2.05, 4.69) is 28.6 Å². The van der Waals surface area contributed by atoms with E-state index in [0.717, 1.165) is 45.6 Å². The van der Waals surface area contributed by atoms with Crippen LogP contribution in [0.15, 0.2) is 139 Å². The van der Waals surface area contributed by atoms with Crippen molar-refractivity contribution in [1.29, 1.82) is 0 Å². The standard InChI is InChI=1S/C40H35N3O5.C2H4O2/c1-3-42(26-28-12-6-4-7-13-28)30-18-20-34-36(24-30)48-37-25-31(19-21-35(37)38(34)32-16-10-11-17-33(32)39(44)45)43(22-23-47-40(46)41-2)27-29-14-8-5-9-15-29;1-2(3)4/h3-21,24-25H,1,22-23,26-27H2,2H3,(H-,41,44,45,46);1H3,(H,3,4). The molecule has 0 saturated heterocycles. The Morgan fingerprint density at radius 3 is 2.19 bits per heavy atom. The summed E-state index contributed by atoms with van der Waals surface area (Å²) < 4.78 is 14.1. The van der Waals surface area contributed by atoms with Gasteiger partial charge in [-0.15, -0.1) is 0 Å². The molecule has 1 amide bonds. The van der Waals surface area contributed by atoms with E-state index in [1.807, 2.05) is 95.9 Å². The highest BCUT2D eigenvalue weighted by Gasteiger charge is 2.22. The lowest BCUT2D eigenvalue weighted by molar-refractivity contribution is -0.254. The number of carboxylic acid groups (broad SMARTS) is 2. The van der Waals surface area contributed by atoms with Crippen LogP contribution >= 0.6 is 0 Å². The van der Waals surface area contributed by atoms with Crippen molar-refractivity contribution in [2.24, 2.45) is 0 Å². The van der Waals surface area contributed by atoms with E-state index in [1.54, 1.807) is 24.4 Å². The van der Waals surface area contributed by atoms with Crippen LogP contribution in [-0.2, 0) is 22.6 Å². The summed E-state index contributed by atoms with van der Waals surface area (Å²) >= 11 is 0. The number of alkyl carbamates (subject to hydrolysis) is 1. The van der Waals surface area contributed by atoms with Crippen molar-refractivity contribution < 1.29 is 33.8 Å². The van der Waals surface area contributed by atoms with Gasteiger partial charge in [0.2, 0.25) is 5.36 Å². The monoisotopic (exact) mass is 697 g/mol. The molecule has 0 saturated carbocycles. The normalized spacial score (nSPS) is 11.2. The van der Waals surface area contributed by atoms with Crippen LogP contribution in [0.3, 0.4) is 0 Å². The van der Waals surface area contributed by atoms with Gasteiger partial charge in [0.25, 0.3) is 5.97 Å². The van der Waals surface area contributed by atoms with Gasteiger partial charge in [0.05, 0.1) is 12.0 Å². The number of rotatable bonds is 11. The molecule has 2 N–H and O–H groups in total. The van der Waals surface area contributed by atoms with Gasteiger partial charge >= 0.3 is 6.09 Å². The number of anilines is 1. The molecule has 10 nitrogen and oxygen atoms in total. The predicted molar refractivity (Wildman–Crippen MR) is 199 cm³/mol. The summed E-state index contributed by atoms with van der Waals surface area (Å²) in [5, 5.41) is 23.8. The highest BCUT2D eigenvalue weighted by molar-refractivity contribution is 6.07. The quantitative estimate of drug-likeness (QED) is 0.122. The van der Waals surface area contributed by atoms with Gasteiger partial charge in [-0.2, -0.15) is 0 Å². The molecule has 1 aliphatic carbocycles. The zero-order valence-corrected chi connectivity index (χ0v) is 29.0. The van der Waals surface area contributed by atoms with Crippen molar-refractivity contribution in [2.75, 3.05) is 25.1 Å². The number of amides is 1. The minimum atomic E-state index is -1.26. The number of aromatic carboxylic acids is 1. The van der Waals surface area contributed by atoms with E-state index < -0.39 is 18.0 Å². The van der Waals surface area contributed by atoms with Gasteiger partial charge in [0.15, 0.2) is 19.7 Å². The number of nitrogens with zero attached hydrogens (tertiary/aromatic N) is 2. The largest absolute Gasteiger partial charge is 0.545 e. The van der Waals surface area contributed by atoms with E-state index in [9.17, 15) is 14.7 Å². The number of ether oxygens (including phenoxy) is 1. The first kappa shape index (κ1) is 36.6. The number of hydrogen-bond donors (Lipinski definition) is 2. The lowest BCUT2D eigenvalue weighted by Gasteiger charge is -2.22. The first-order valence-corrected chi connectivity index (χ1v) is 16.6. The minimum absolute atomic E-state index is 0.0910.